The van der Waals surface area contributed by atoms with Crippen LogP contribution in [0.1, 0.15) is 18.2 Å². The minimum atomic E-state index is -1.10. The van der Waals surface area contributed by atoms with E-state index in [0.717, 1.165) is 16.3 Å². The van der Waals surface area contributed by atoms with E-state index < -0.39 is 35.5 Å². The van der Waals surface area contributed by atoms with E-state index in [1.165, 1.54) is 0 Å². The first kappa shape index (κ1) is 18.5. The van der Waals surface area contributed by atoms with E-state index in [2.05, 4.69) is 0 Å². The lowest BCUT2D eigenvalue weighted by Crippen LogP contribution is -2.34. The molecule has 140 valence electrons. The number of benzene rings is 1. The second-order valence-electron chi connectivity index (χ2n) is 5.90. The highest BCUT2D eigenvalue weighted by atomic mass is 19.1. The molecule has 2 heterocycles. The van der Waals surface area contributed by atoms with E-state index in [9.17, 15) is 19.1 Å². The van der Waals surface area contributed by atoms with Crippen molar-refractivity contribution in [2.45, 2.75) is 31.5 Å². The first-order chi connectivity index (χ1) is 12.5. The summed E-state index contributed by atoms with van der Waals surface area (Å²) in [5.41, 5.74) is -0.894. The molecule has 2 aromatic rings. The number of aliphatic hydroxyl groups is 1. The number of hydrogen-bond acceptors (Lipinski definition) is 6. The van der Waals surface area contributed by atoms with E-state index in [1.54, 1.807) is 0 Å². The normalized spacial score (nSPS) is 22.6. The lowest BCUT2D eigenvalue weighted by molar-refractivity contribution is -0.115. The van der Waals surface area contributed by atoms with Crippen molar-refractivity contribution in [1.29, 1.82) is 0 Å². The van der Waals surface area contributed by atoms with Crippen molar-refractivity contribution in [3.05, 3.63) is 68.7 Å². The molecule has 0 spiro atoms. The summed E-state index contributed by atoms with van der Waals surface area (Å²) in [6.07, 6.45) is -1.63. The van der Waals surface area contributed by atoms with Crippen LogP contribution in [0.3, 0.4) is 0 Å². The standard InChI is InChI=1S/C17H19FN2O6/c18-12-7-20(17(23)19-16(12)22)15-6-13(21)14(26-15)9-25-10-24-8-11-4-2-1-3-5-11/h1-5,7,13-15,21H,6,8-10H2,(H,19,22,23)/t13-,14+,15+/m0/s1. The third-order valence-corrected chi connectivity index (χ3v) is 4.00. The Hall–Kier alpha value is -2.33. The average Bonchev–Trinajstić information content (AvgIpc) is 2.99. The quantitative estimate of drug-likeness (QED) is 0.547. The fourth-order valence-electron chi connectivity index (χ4n) is 2.67. The van der Waals surface area contributed by atoms with Gasteiger partial charge >= 0.3 is 5.69 Å². The number of rotatable bonds is 7. The monoisotopic (exact) mass is 366 g/mol. The summed E-state index contributed by atoms with van der Waals surface area (Å²) in [6, 6.07) is 9.58. The second-order valence-corrected chi connectivity index (χ2v) is 5.90. The number of nitrogens with zero attached hydrogens (tertiary/aromatic N) is 1. The average molecular weight is 366 g/mol. The fourth-order valence-corrected chi connectivity index (χ4v) is 2.67. The van der Waals surface area contributed by atoms with Crippen LogP contribution in [0.25, 0.3) is 0 Å². The summed E-state index contributed by atoms with van der Waals surface area (Å²) in [5, 5.41) is 10.0. The summed E-state index contributed by atoms with van der Waals surface area (Å²) in [4.78, 5) is 24.7. The van der Waals surface area contributed by atoms with Crippen molar-refractivity contribution in [3.63, 3.8) is 0 Å². The third-order valence-electron chi connectivity index (χ3n) is 4.00. The lowest BCUT2D eigenvalue weighted by Gasteiger charge is -2.16. The van der Waals surface area contributed by atoms with Gasteiger partial charge in [0.15, 0.2) is 0 Å². The Labute approximate surface area is 147 Å². The van der Waals surface area contributed by atoms with E-state index in [-0.39, 0.29) is 19.8 Å². The topological polar surface area (TPSA) is 103 Å². The van der Waals surface area contributed by atoms with E-state index in [1.807, 2.05) is 35.3 Å². The number of ether oxygens (including phenoxy) is 3. The highest BCUT2D eigenvalue weighted by Gasteiger charge is 2.35. The summed E-state index contributed by atoms with van der Waals surface area (Å²) in [6.45, 7) is 0.454. The highest BCUT2D eigenvalue weighted by Crippen LogP contribution is 2.27. The molecule has 1 aliphatic rings. The summed E-state index contributed by atoms with van der Waals surface area (Å²) < 4.78 is 30.5. The van der Waals surface area contributed by atoms with Crippen LogP contribution in [0, 0.1) is 5.82 Å². The fraction of sp³-hybridized carbons (Fsp3) is 0.412. The Morgan fingerprint density at radius 2 is 2.04 bits per heavy atom. The minimum absolute atomic E-state index is 0.0133. The van der Waals surface area contributed by atoms with E-state index in [4.69, 9.17) is 14.2 Å². The molecular weight excluding hydrogens is 347 g/mol. The second kappa shape index (κ2) is 8.37. The maximum Gasteiger partial charge on any atom is 0.330 e. The molecule has 0 unspecified atom stereocenters. The van der Waals surface area contributed by atoms with Gasteiger partial charge < -0.3 is 19.3 Å². The maximum absolute atomic E-state index is 13.4. The minimum Gasteiger partial charge on any atom is -0.390 e. The molecule has 26 heavy (non-hydrogen) atoms. The molecule has 1 aromatic heterocycles. The van der Waals surface area contributed by atoms with Crippen molar-refractivity contribution in [2.24, 2.45) is 0 Å². The number of hydrogen-bond donors (Lipinski definition) is 2. The van der Waals surface area contributed by atoms with Crippen LogP contribution < -0.4 is 11.2 Å². The lowest BCUT2D eigenvalue weighted by atomic mass is 10.2. The van der Waals surface area contributed by atoms with Gasteiger partial charge in [0, 0.05) is 6.42 Å². The van der Waals surface area contributed by atoms with Gasteiger partial charge in [-0.1, -0.05) is 30.3 Å². The van der Waals surface area contributed by atoms with Gasteiger partial charge in [0.05, 0.1) is 25.5 Å². The molecule has 0 aliphatic carbocycles. The van der Waals surface area contributed by atoms with Gasteiger partial charge in [0.2, 0.25) is 5.82 Å². The molecule has 0 saturated carbocycles. The Bertz CT molecular complexity index is 837. The Morgan fingerprint density at radius 3 is 2.81 bits per heavy atom. The van der Waals surface area contributed by atoms with Crippen molar-refractivity contribution < 1.29 is 23.7 Å². The zero-order chi connectivity index (χ0) is 18.5. The molecule has 2 N–H and O–H groups in total. The van der Waals surface area contributed by atoms with Gasteiger partial charge in [-0.15, -0.1) is 0 Å². The van der Waals surface area contributed by atoms with Gasteiger partial charge in [-0.05, 0) is 5.56 Å². The van der Waals surface area contributed by atoms with Crippen molar-refractivity contribution in [2.75, 3.05) is 13.4 Å². The molecule has 1 saturated heterocycles. The van der Waals surface area contributed by atoms with Gasteiger partial charge in [-0.2, -0.15) is 4.39 Å². The summed E-state index contributed by atoms with van der Waals surface area (Å²) in [7, 11) is 0. The van der Waals surface area contributed by atoms with Gasteiger partial charge in [0.25, 0.3) is 5.56 Å². The molecular formula is C17H19FN2O6. The van der Waals surface area contributed by atoms with Crippen molar-refractivity contribution in [3.8, 4) is 0 Å². The zero-order valence-corrected chi connectivity index (χ0v) is 13.8. The van der Waals surface area contributed by atoms with Crippen molar-refractivity contribution in [1.82, 2.24) is 9.55 Å². The predicted octanol–water partition coefficient (Wildman–Crippen LogP) is 0.515. The number of halogens is 1. The van der Waals surface area contributed by atoms with E-state index in [0.29, 0.717) is 6.61 Å². The SMILES string of the molecule is O=c1[nH]c(=O)n([C@H]2C[C@H](O)[C@@H](COCOCc3ccccc3)O2)cc1F. The van der Waals surface area contributed by atoms with Gasteiger partial charge in [-0.3, -0.25) is 14.3 Å². The number of aliphatic hydroxyl groups excluding tert-OH is 1. The molecule has 1 aliphatic heterocycles. The number of aromatic nitrogens is 2. The molecule has 8 nitrogen and oxygen atoms in total. The molecule has 0 radical (unpaired) electrons. The Morgan fingerprint density at radius 1 is 1.27 bits per heavy atom. The van der Waals surface area contributed by atoms with Crippen LogP contribution in [0.2, 0.25) is 0 Å². The van der Waals surface area contributed by atoms with Crippen LogP contribution >= 0.6 is 0 Å². The maximum atomic E-state index is 13.4. The largest absolute Gasteiger partial charge is 0.390 e. The van der Waals surface area contributed by atoms with Crippen LogP contribution in [0.5, 0.6) is 0 Å². The predicted molar refractivity (Wildman–Crippen MR) is 87.9 cm³/mol. The third kappa shape index (κ3) is 4.44. The molecule has 3 atom stereocenters. The van der Waals surface area contributed by atoms with Crippen LogP contribution in [-0.4, -0.2) is 40.3 Å². The summed E-state index contributed by atoms with van der Waals surface area (Å²) in [5.74, 6) is -1.10. The highest BCUT2D eigenvalue weighted by molar-refractivity contribution is 5.13. The Kier molecular flexibility index (Phi) is 5.94. The van der Waals surface area contributed by atoms with E-state index >= 15 is 0 Å². The molecule has 3 rings (SSSR count). The number of H-pyrrole nitrogens is 1. The molecule has 0 bridgehead atoms. The van der Waals surface area contributed by atoms with Gasteiger partial charge in [-0.25, -0.2) is 4.79 Å². The van der Waals surface area contributed by atoms with Crippen LogP contribution in [0.15, 0.2) is 46.1 Å². The molecule has 9 heteroatoms. The molecule has 1 aromatic carbocycles. The van der Waals surface area contributed by atoms with Crippen LogP contribution in [0.4, 0.5) is 4.39 Å². The van der Waals surface area contributed by atoms with Crippen molar-refractivity contribution >= 4 is 0 Å². The molecule has 1 fully saturated rings. The number of aromatic amines is 1. The summed E-state index contributed by atoms with van der Waals surface area (Å²) >= 11 is 0. The number of nitrogens with one attached hydrogen (secondary N) is 1. The first-order valence-electron chi connectivity index (χ1n) is 8.08. The Balaban J connectivity index is 1.48. The zero-order valence-electron chi connectivity index (χ0n) is 13.8. The first-order valence-corrected chi connectivity index (χ1v) is 8.08. The smallest absolute Gasteiger partial charge is 0.330 e. The van der Waals surface area contributed by atoms with Gasteiger partial charge in [0.1, 0.15) is 19.1 Å². The molecule has 0 amide bonds. The van der Waals surface area contributed by atoms with Crippen LogP contribution in [-0.2, 0) is 20.8 Å².